The molecule has 1 aromatic heterocycles. The molecule has 0 saturated carbocycles. The summed E-state index contributed by atoms with van der Waals surface area (Å²) in [5.41, 5.74) is 7.43. The quantitative estimate of drug-likeness (QED) is 0.918. The molecule has 0 aliphatic carbocycles. The zero-order valence-corrected chi connectivity index (χ0v) is 13.0. The molecule has 5 nitrogen and oxygen atoms in total. The lowest BCUT2D eigenvalue weighted by atomic mass is 9.98. The molecule has 1 atom stereocenters. The van der Waals surface area contributed by atoms with Gasteiger partial charge in [0.1, 0.15) is 11.5 Å². The van der Waals surface area contributed by atoms with E-state index in [0.717, 1.165) is 17.0 Å². The highest BCUT2D eigenvalue weighted by Crippen LogP contribution is 2.17. The van der Waals surface area contributed by atoms with Crippen molar-refractivity contribution in [2.75, 3.05) is 13.6 Å². The molecule has 0 aliphatic heterocycles. The summed E-state index contributed by atoms with van der Waals surface area (Å²) in [5, 5.41) is 3.90. The second-order valence-electron chi connectivity index (χ2n) is 4.82. The Morgan fingerprint density at radius 2 is 2.05 bits per heavy atom. The summed E-state index contributed by atoms with van der Waals surface area (Å²) in [7, 11) is 1.75. The lowest BCUT2D eigenvalue weighted by molar-refractivity contribution is -0.131. The Bertz CT molecular complexity index is 571. The predicted octanol–water partition coefficient (Wildman–Crippen LogP) is 2.11. The van der Waals surface area contributed by atoms with E-state index in [9.17, 15) is 4.79 Å². The third-order valence-corrected chi connectivity index (χ3v) is 3.19. The molecule has 6 heteroatoms. The maximum atomic E-state index is 12.5. The topological polar surface area (TPSA) is 72.4 Å². The summed E-state index contributed by atoms with van der Waals surface area (Å²) in [5.74, 6) is 0.396. The van der Waals surface area contributed by atoms with Gasteiger partial charge in [-0.25, -0.2) is 0 Å². The lowest BCUT2D eigenvalue weighted by Gasteiger charge is -2.22. The first-order valence-electron chi connectivity index (χ1n) is 6.54. The summed E-state index contributed by atoms with van der Waals surface area (Å²) >= 11 is 0. The summed E-state index contributed by atoms with van der Waals surface area (Å²) < 4.78 is 5.00. The third-order valence-electron chi connectivity index (χ3n) is 3.19. The minimum Gasteiger partial charge on any atom is -0.361 e. The van der Waals surface area contributed by atoms with E-state index in [2.05, 4.69) is 5.16 Å². The number of carbonyl (C=O) groups excluding carboxylic acids is 1. The Morgan fingerprint density at radius 1 is 1.38 bits per heavy atom. The molecule has 0 spiro atoms. The zero-order valence-electron chi connectivity index (χ0n) is 12.2. The first kappa shape index (κ1) is 17.2. The number of aryl methyl sites for hydroxylation is 1. The summed E-state index contributed by atoms with van der Waals surface area (Å²) in [6, 6.07) is 11.4. The van der Waals surface area contributed by atoms with Gasteiger partial charge in [-0.05, 0) is 12.5 Å². The fourth-order valence-corrected chi connectivity index (χ4v) is 2.14. The average molecular weight is 310 g/mol. The first-order valence-corrected chi connectivity index (χ1v) is 6.54. The highest BCUT2D eigenvalue weighted by molar-refractivity contribution is 5.85. The third kappa shape index (κ3) is 4.31. The zero-order chi connectivity index (χ0) is 14.5. The first-order chi connectivity index (χ1) is 9.61. The van der Waals surface area contributed by atoms with Crippen LogP contribution in [0.25, 0.3) is 0 Å². The van der Waals surface area contributed by atoms with Crippen LogP contribution < -0.4 is 5.73 Å². The minimum absolute atomic E-state index is 0. The van der Waals surface area contributed by atoms with Crippen molar-refractivity contribution in [2.45, 2.75) is 19.4 Å². The monoisotopic (exact) mass is 309 g/mol. The normalized spacial score (nSPS) is 11.6. The molecule has 1 aromatic carbocycles. The Kier molecular flexibility index (Phi) is 6.39. The number of carbonyl (C=O) groups is 1. The van der Waals surface area contributed by atoms with Crippen molar-refractivity contribution in [3.8, 4) is 0 Å². The van der Waals surface area contributed by atoms with E-state index in [1.807, 2.05) is 43.3 Å². The van der Waals surface area contributed by atoms with Crippen molar-refractivity contribution in [2.24, 2.45) is 5.73 Å². The van der Waals surface area contributed by atoms with Crippen LogP contribution in [0.4, 0.5) is 0 Å². The van der Waals surface area contributed by atoms with Crippen LogP contribution in [-0.4, -0.2) is 29.6 Å². The van der Waals surface area contributed by atoms with Crippen LogP contribution in [0, 0.1) is 6.92 Å². The SMILES string of the molecule is Cc1cc(CN(C)C(=O)C(CN)c2ccccc2)no1.Cl. The number of halogens is 1. The Morgan fingerprint density at radius 3 is 2.57 bits per heavy atom. The predicted molar refractivity (Wildman–Crippen MR) is 83.2 cm³/mol. The van der Waals surface area contributed by atoms with E-state index in [1.165, 1.54) is 0 Å². The molecule has 1 amide bonds. The molecule has 2 N–H and O–H groups in total. The molecular formula is C15H20ClN3O2. The number of aromatic nitrogens is 1. The van der Waals surface area contributed by atoms with Gasteiger partial charge < -0.3 is 15.2 Å². The van der Waals surface area contributed by atoms with Gasteiger partial charge in [0.2, 0.25) is 5.91 Å². The van der Waals surface area contributed by atoms with Crippen LogP contribution in [0.5, 0.6) is 0 Å². The van der Waals surface area contributed by atoms with Crippen molar-refractivity contribution < 1.29 is 9.32 Å². The molecule has 0 radical (unpaired) electrons. The van der Waals surface area contributed by atoms with Crippen molar-refractivity contribution in [3.63, 3.8) is 0 Å². The van der Waals surface area contributed by atoms with E-state index in [4.69, 9.17) is 10.3 Å². The van der Waals surface area contributed by atoms with Gasteiger partial charge in [0.25, 0.3) is 0 Å². The highest BCUT2D eigenvalue weighted by atomic mass is 35.5. The van der Waals surface area contributed by atoms with E-state index >= 15 is 0 Å². The van der Waals surface area contributed by atoms with Gasteiger partial charge in [0, 0.05) is 19.7 Å². The molecule has 0 aliphatic rings. The maximum absolute atomic E-state index is 12.5. The van der Waals surface area contributed by atoms with Crippen molar-refractivity contribution in [1.29, 1.82) is 0 Å². The van der Waals surface area contributed by atoms with Gasteiger partial charge in [0.05, 0.1) is 12.5 Å². The standard InChI is InChI=1S/C15H19N3O2.ClH/c1-11-8-13(17-20-11)10-18(2)15(19)14(9-16)12-6-4-3-5-7-12;/h3-8,14H,9-10,16H2,1-2H3;1H. The Hall–Kier alpha value is -1.85. The number of nitrogens with two attached hydrogens (primary N) is 1. The van der Waals surface area contributed by atoms with Crippen LogP contribution in [0.3, 0.4) is 0 Å². The molecule has 114 valence electrons. The molecule has 0 fully saturated rings. The molecule has 0 bridgehead atoms. The maximum Gasteiger partial charge on any atom is 0.231 e. The highest BCUT2D eigenvalue weighted by Gasteiger charge is 2.23. The van der Waals surface area contributed by atoms with E-state index in [0.29, 0.717) is 6.54 Å². The van der Waals surface area contributed by atoms with Crippen LogP contribution in [-0.2, 0) is 11.3 Å². The van der Waals surface area contributed by atoms with Gasteiger partial charge in [-0.2, -0.15) is 0 Å². The second kappa shape index (κ2) is 7.81. The van der Waals surface area contributed by atoms with Crippen molar-refractivity contribution in [1.82, 2.24) is 10.1 Å². The molecule has 2 aromatic rings. The largest absolute Gasteiger partial charge is 0.361 e. The van der Waals surface area contributed by atoms with Gasteiger partial charge in [-0.3, -0.25) is 4.79 Å². The molecule has 21 heavy (non-hydrogen) atoms. The second-order valence-corrected chi connectivity index (χ2v) is 4.82. The van der Waals surface area contributed by atoms with E-state index in [-0.39, 0.29) is 30.8 Å². The molecule has 1 unspecified atom stereocenters. The number of hydrogen-bond acceptors (Lipinski definition) is 4. The fraction of sp³-hybridized carbons (Fsp3) is 0.333. The van der Waals surface area contributed by atoms with Gasteiger partial charge in [-0.1, -0.05) is 35.5 Å². The number of rotatable bonds is 5. The lowest BCUT2D eigenvalue weighted by Crippen LogP contribution is -2.34. The van der Waals surface area contributed by atoms with Gasteiger partial charge in [0.15, 0.2) is 0 Å². The Labute approximate surface area is 130 Å². The smallest absolute Gasteiger partial charge is 0.231 e. The fourth-order valence-electron chi connectivity index (χ4n) is 2.14. The number of benzene rings is 1. The van der Waals surface area contributed by atoms with Gasteiger partial charge >= 0.3 is 0 Å². The van der Waals surface area contributed by atoms with Crippen molar-refractivity contribution in [3.05, 3.63) is 53.4 Å². The van der Waals surface area contributed by atoms with Crippen LogP contribution in [0.2, 0.25) is 0 Å². The van der Waals surface area contributed by atoms with Crippen LogP contribution in [0.15, 0.2) is 40.9 Å². The van der Waals surface area contributed by atoms with Crippen LogP contribution >= 0.6 is 12.4 Å². The molecular weight excluding hydrogens is 290 g/mol. The number of likely N-dealkylation sites (N-methyl/N-ethyl adjacent to an activating group) is 1. The summed E-state index contributed by atoms with van der Waals surface area (Å²) in [6.45, 7) is 2.52. The summed E-state index contributed by atoms with van der Waals surface area (Å²) in [6.07, 6.45) is 0. The molecule has 0 saturated heterocycles. The Balaban J connectivity index is 0.00000220. The minimum atomic E-state index is -0.325. The van der Waals surface area contributed by atoms with Gasteiger partial charge in [-0.15, -0.1) is 12.4 Å². The molecule has 1 heterocycles. The average Bonchev–Trinajstić information content (AvgIpc) is 2.86. The molecule has 2 rings (SSSR count). The number of nitrogens with zero attached hydrogens (tertiary/aromatic N) is 2. The van der Waals surface area contributed by atoms with E-state index in [1.54, 1.807) is 11.9 Å². The van der Waals surface area contributed by atoms with Crippen molar-refractivity contribution >= 4 is 18.3 Å². The van der Waals surface area contributed by atoms with E-state index < -0.39 is 0 Å². The number of amides is 1. The van der Waals surface area contributed by atoms with Crippen LogP contribution in [0.1, 0.15) is 22.9 Å². The summed E-state index contributed by atoms with van der Waals surface area (Å²) in [4.78, 5) is 14.1. The number of hydrogen-bond donors (Lipinski definition) is 1.